The molecule has 0 unspecified atom stereocenters. The van der Waals surface area contributed by atoms with Crippen LogP contribution in [0, 0.1) is 6.92 Å². The maximum absolute atomic E-state index is 13.4. The first-order valence-electron chi connectivity index (χ1n) is 13.6. The van der Waals surface area contributed by atoms with E-state index in [9.17, 15) is 14.4 Å². The largest absolute Gasteiger partial charge is 0.496 e. The van der Waals surface area contributed by atoms with E-state index in [1.807, 2.05) is 49.4 Å². The molecule has 0 saturated carbocycles. The Morgan fingerprint density at radius 3 is 2.71 bits per heavy atom. The monoisotopic (exact) mass is 555 g/mol. The molecule has 4 bridgehead atoms. The molecule has 0 aliphatic carbocycles. The van der Waals surface area contributed by atoms with Gasteiger partial charge in [0.15, 0.2) is 6.61 Å². The topological polar surface area (TPSA) is 106 Å². The van der Waals surface area contributed by atoms with E-state index in [2.05, 4.69) is 10.6 Å². The van der Waals surface area contributed by atoms with Gasteiger partial charge in [-0.1, -0.05) is 36.4 Å². The van der Waals surface area contributed by atoms with Crippen molar-refractivity contribution in [2.75, 3.05) is 26.8 Å². The lowest BCUT2D eigenvalue weighted by molar-refractivity contribution is -0.128. The highest BCUT2D eigenvalue weighted by atomic mass is 16.5. The van der Waals surface area contributed by atoms with Gasteiger partial charge in [0.05, 0.1) is 13.2 Å². The molecule has 2 N–H and O–H groups in total. The molecule has 3 aliphatic rings. The van der Waals surface area contributed by atoms with E-state index in [-0.39, 0.29) is 37.4 Å². The lowest BCUT2D eigenvalue weighted by Crippen LogP contribution is -2.57. The van der Waals surface area contributed by atoms with Crippen molar-refractivity contribution in [2.45, 2.75) is 32.0 Å². The van der Waals surface area contributed by atoms with Crippen molar-refractivity contribution >= 4 is 23.8 Å². The molecule has 3 aromatic rings. The van der Waals surface area contributed by atoms with Gasteiger partial charge in [-0.15, -0.1) is 0 Å². The van der Waals surface area contributed by atoms with Crippen LogP contribution in [0.15, 0.2) is 72.8 Å². The molecular weight excluding hydrogens is 522 g/mol. The smallest absolute Gasteiger partial charge is 0.258 e. The summed E-state index contributed by atoms with van der Waals surface area (Å²) >= 11 is 0. The number of methoxy groups -OCH3 is 1. The Kier molecular flexibility index (Phi) is 8.53. The van der Waals surface area contributed by atoms with Crippen LogP contribution in [0.4, 0.5) is 0 Å². The van der Waals surface area contributed by atoms with Crippen LogP contribution < -0.4 is 24.8 Å². The number of benzene rings is 3. The molecule has 3 aromatic carbocycles. The van der Waals surface area contributed by atoms with E-state index in [0.29, 0.717) is 35.8 Å². The molecule has 6 rings (SSSR count). The van der Waals surface area contributed by atoms with Crippen LogP contribution in [-0.4, -0.2) is 61.6 Å². The van der Waals surface area contributed by atoms with Crippen LogP contribution in [0.2, 0.25) is 0 Å². The van der Waals surface area contributed by atoms with Gasteiger partial charge >= 0.3 is 0 Å². The van der Waals surface area contributed by atoms with Gasteiger partial charge in [0.25, 0.3) is 11.8 Å². The highest BCUT2D eigenvalue weighted by Gasteiger charge is 2.34. The quantitative estimate of drug-likeness (QED) is 0.480. The average molecular weight is 556 g/mol. The summed E-state index contributed by atoms with van der Waals surface area (Å²) in [6.45, 7) is 2.65. The molecule has 0 radical (unpaired) electrons. The Labute approximate surface area is 239 Å². The molecule has 1 saturated heterocycles. The number of hydrogen-bond donors (Lipinski definition) is 2. The van der Waals surface area contributed by atoms with Crippen LogP contribution in [0.1, 0.15) is 33.5 Å². The number of carbonyl (C=O) groups is 3. The SMILES string of the molecule is COc1cc2ccc1CNC(=O)COc1cc(ccc1C)C(=O)N[C@H]1CN(C(=O)/C=C/c3ccccc3)CC[C@H]1O2. The number of nitrogens with one attached hydrogen (secondary N) is 2. The van der Waals surface area contributed by atoms with Gasteiger partial charge in [-0.2, -0.15) is 0 Å². The molecule has 2 atom stereocenters. The molecule has 1 fully saturated rings. The Hall–Kier alpha value is -4.79. The Morgan fingerprint density at radius 1 is 1.07 bits per heavy atom. The Balaban J connectivity index is 1.43. The first-order valence-corrected chi connectivity index (χ1v) is 13.6. The molecule has 3 heterocycles. The normalized spacial score (nSPS) is 19.3. The van der Waals surface area contributed by atoms with Gasteiger partial charge in [-0.3, -0.25) is 14.4 Å². The van der Waals surface area contributed by atoms with E-state index >= 15 is 0 Å². The van der Waals surface area contributed by atoms with E-state index in [1.165, 1.54) is 0 Å². The summed E-state index contributed by atoms with van der Waals surface area (Å²) in [4.78, 5) is 40.7. The number of fused-ring (bicyclic) bond motifs is 7. The molecule has 9 nitrogen and oxygen atoms in total. The molecule has 9 heteroatoms. The average Bonchev–Trinajstić information content (AvgIpc) is 2.99. The van der Waals surface area contributed by atoms with Crippen molar-refractivity contribution in [2.24, 2.45) is 0 Å². The minimum Gasteiger partial charge on any atom is -0.496 e. The minimum absolute atomic E-state index is 0.140. The van der Waals surface area contributed by atoms with Gasteiger partial charge in [0, 0.05) is 49.3 Å². The number of likely N-dealkylation sites (tertiary alicyclic amines) is 1. The number of hydrogen-bond acceptors (Lipinski definition) is 6. The van der Waals surface area contributed by atoms with Crippen molar-refractivity contribution in [1.82, 2.24) is 15.5 Å². The van der Waals surface area contributed by atoms with Crippen molar-refractivity contribution in [3.63, 3.8) is 0 Å². The lowest BCUT2D eigenvalue weighted by atomic mass is 10.0. The Bertz CT molecular complexity index is 1460. The molecule has 0 spiro atoms. The number of carbonyl (C=O) groups excluding carboxylic acids is 3. The summed E-state index contributed by atoms with van der Waals surface area (Å²) in [5.41, 5.74) is 2.89. The summed E-state index contributed by atoms with van der Waals surface area (Å²) in [7, 11) is 1.56. The van der Waals surface area contributed by atoms with E-state index < -0.39 is 12.1 Å². The number of rotatable bonds is 3. The van der Waals surface area contributed by atoms with Crippen molar-refractivity contribution in [1.29, 1.82) is 0 Å². The van der Waals surface area contributed by atoms with Crippen LogP contribution in [0.25, 0.3) is 6.08 Å². The first kappa shape index (κ1) is 27.8. The second-order valence-corrected chi connectivity index (χ2v) is 10.1. The summed E-state index contributed by atoms with van der Waals surface area (Å²) in [5, 5.41) is 5.92. The van der Waals surface area contributed by atoms with Gasteiger partial charge in [-0.25, -0.2) is 0 Å². The summed E-state index contributed by atoms with van der Waals surface area (Å²) < 4.78 is 17.7. The molecule has 212 valence electrons. The van der Waals surface area contributed by atoms with Crippen LogP contribution >= 0.6 is 0 Å². The molecule has 41 heavy (non-hydrogen) atoms. The zero-order valence-electron chi connectivity index (χ0n) is 23.1. The van der Waals surface area contributed by atoms with Crippen LogP contribution in [0.3, 0.4) is 0 Å². The number of piperidine rings is 1. The molecule has 0 aromatic heterocycles. The summed E-state index contributed by atoms with van der Waals surface area (Å²) in [5.74, 6) is 0.800. The first-order chi connectivity index (χ1) is 19.9. The number of ether oxygens (including phenoxy) is 3. The molecule has 3 amide bonds. The van der Waals surface area contributed by atoms with E-state index in [0.717, 1.165) is 16.7 Å². The minimum atomic E-state index is -0.486. The number of nitrogens with zero attached hydrogens (tertiary/aromatic N) is 1. The number of aryl methyl sites for hydroxylation is 1. The van der Waals surface area contributed by atoms with Gasteiger partial charge in [0.2, 0.25) is 5.91 Å². The van der Waals surface area contributed by atoms with Crippen molar-refractivity contribution in [3.8, 4) is 17.2 Å². The summed E-state index contributed by atoms with van der Waals surface area (Å²) in [6, 6.07) is 19.7. The van der Waals surface area contributed by atoms with Gasteiger partial charge < -0.3 is 29.7 Å². The standard InChI is InChI=1S/C32H33N3O6/c1-21-8-10-23-16-28(21)40-20-30(36)33-18-24-11-12-25(17-29(24)39-2)41-27-14-15-35(19-26(27)34-32(23)38)31(37)13-9-22-6-4-3-5-7-22/h3-13,16-17,26-27H,14-15,18-20H2,1-2H3,(H,33,36)(H,34,38)/b13-9+/t26-,27+/m0/s1. The van der Waals surface area contributed by atoms with E-state index in [4.69, 9.17) is 14.2 Å². The van der Waals surface area contributed by atoms with Crippen LogP contribution in [-0.2, 0) is 16.1 Å². The van der Waals surface area contributed by atoms with Gasteiger partial charge in [0.1, 0.15) is 23.4 Å². The maximum Gasteiger partial charge on any atom is 0.258 e. The van der Waals surface area contributed by atoms with Gasteiger partial charge in [-0.05, 0) is 48.4 Å². The highest BCUT2D eigenvalue weighted by Crippen LogP contribution is 2.28. The third-order valence-electron chi connectivity index (χ3n) is 7.23. The highest BCUT2D eigenvalue weighted by molar-refractivity contribution is 5.95. The fraction of sp³-hybridized carbons (Fsp3) is 0.281. The maximum atomic E-state index is 13.4. The van der Waals surface area contributed by atoms with Crippen LogP contribution in [0.5, 0.6) is 17.2 Å². The van der Waals surface area contributed by atoms with E-state index in [1.54, 1.807) is 48.4 Å². The summed E-state index contributed by atoms with van der Waals surface area (Å²) in [6.07, 6.45) is 3.46. The molecular formula is C32H33N3O6. The predicted molar refractivity (Wildman–Crippen MR) is 154 cm³/mol. The zero-order valence-corrected chi connectivity index (χ0v) is 23.1. The second kappa shape index (κ2) is 12.6. The second-order valence-electron chi connectivity index (χ2n) is 10.1. The predicted octanol–water partition coefficient (Wildman–Crippen LogP) is 3.50. The van der Waals surface area contributed by atoms with Crippen molar-refractivity contribution in [3.05, 3.63) is 95.1 Å². The van der Waals surface area contributed by atoms with Crippen molar-refractivity contribution < 1.29 is 28.6 Å². The fourth-order valence-electron chi connectivity index (χ4n) is 4.90. The molecule has 3 aliphatic heterocycles. The third-order valence-corrected chi connectivity index (χ3v) is 7.23. The number of amides is 3. The zero-order chi connectivity index (χ0) is 28.8. The lowest BCUT2D eigenvalue weighted by Gasteiger charge is -2.38. The third kappa shape index (κ3) is 6.87. The fourth-order valence-corrected chi connectivity index (χ4v) is 4.90. The Morgan fingerprint density at radius 2 is 1.90 bits per heavy atom.